The molecular formula is C24H28N2O3S. The van der Waals surface area contributed by atoms with E-state index < -0.39 is 0 Å². The van der Waals surface area contributed by atoms with Crippen molar-refractivity contribution in [2.75, 3.05) is 19.6 Å². The molecule has 1 aliphatic carbocycles. The highest BCUT2D eigenvalue weighted by atomic mass is 32.1. The van der Waals surface area contributed by atoms with Crippen LogP contribution >= 0.6 is 11.3 Å². The average Bonchev–Trinajstić information content (AvgIpc) is 3.43. The van der Waals surface area contributed by atoms with Gasteiger partial charge in [0.2, 0.25) is 5.91 Å². The molecule has 1 atom stereocenters. The van der Waals surface area contributed by atoms with Crippen LogP contribution in [0.5, 0.6) is 5.75 Å². The zero-order valence-electron chi connectivity index (χ0n) is 17.1. The van der Waals surface area contributed by atoms with Gasteiger partial charge in [-0.2, -0.15) is 0 Å². The maximum absolute atomic E-state index is 12.7. The first-order chi connectivity index (χ1) is 14.6. The van der Waals surface area contributed by atoms with Crippen molar-refractivity contribution in [1.29, 1.82) is 0 Å². The van der Waals surface area contributed by atoms with Crippen LogP contribution in [0.1, 0.15) is 59.7 Å². The molecule has 6 heteroatoms. The largest absolute Gasteiger partial charge is 0.487 e. The highest BCUT2D eigenvalue weighted by Crippen LogP contribution is 2.46. The fourth-order valence-corrected chi connectivity index (χ4v) is 5.47. The van der Waals surface area contributed by atoms with E-state index in [2.05, 4.69) is 11.4 Å². The molecule has 1 aromatic heterocycles. The summed E-state index contributed by atoms with van der Waals surface area (Å²) in [6.07, 6.45) is 5.43. The fourth-order valence-electron chi connectivity index (χ4n) is 4.78. The Kier molecular flexibility index (Phi) is 5.27. The molecule has 1 aromatic carbocycles. The van der Waals surface area contributed by atoms with E-state index in [-0.39, 0.29) is 23.3 Å². The predicted molar refractivity (Wildman–Crippen MR) is 117 cm³/mol. The number of ether oxygens (including phenoxy) is 1. The molecule has 2 aromatic rings. The lowest BCUT2D eigenvalue weighted by molar-refractivity contribution is -0.122. The maximum atomic E-state index is 12.7. The van der Waals surface area contributed by atoms with Crippen molar-refractivity contribution in [3.8, 4) is 5.75 Å². The smallest absolute Gasteiger partial charge is 0.263 e. The van der Waals surface area contributed by atoms with Gasteiger partial charge in [0, 0.05) is 44.8 Å². The van der Waals surface area contributed by atoms with Crippen LogP contribution in [0.4, 0.5) is 0 Å². The van der Waals surface area contributed by atoms with E-state index in [0.717, 1.165) is 42.0 Å². The Morgan fingerprint density at radius 2 is 1.93 bits per heavy atom. The van der Waals surface area contributed by atoms with E-state index in [4.69, 9.17) is 4.74 Å². The first-order valence-electron chi connectivity index (χ1n) is 11.0. The van der Waals surface area contributed by atoms with Crippen LogP contribution in [0.15, 0.2) is 41.8 Å². The number of rotatable bonds is 5. The number of piperidine rings is 1. The minimum absolute atomic E-state index is 0.118. The number of likely N-dealkylation sites (tertiary alicyclic amines) is 1. The minimum atomic E-state index is -0.290. The lowest BCUT2D eigenvalue weighted by atomic mass is 9.76. The van der Waals surface area contributed by atoms with Gasteiger partial charge in [-0.1, -0.05) is 24.3 Å². The van der Waals surface area contributed by atoms with Gasteiger partial charge >= 0.3 is 0 Å². The highest BCUT2D eigenvalue weighted by molar-refractivity contribution is 7.12. The number of thiophene rings is 1. The Morgan fingerprint density at radius 3 is 2.67 bits per heavy atom. The number of hydrogen-bond donors (Lipinski definition) is 1. The number of carbonyl (C=O) groups is 2. The third kappa shape index (κ3) is 4.10. The van der Waals surface area contributed by atoms with Crippen molar-refractivity contribution in [2.24, 2.45) is 5.92 Å². The standard InChI is InChI=1S/C24H28N2O3S/c27-22(25-16-17-7-8-17)14-18-15-24(29-20-5-2-1-4-19(18)20)9-11-26(12-10-24)23(28)21-6-3-13-30-21/h1-6,13,17-18H,7-12,14-16H2,(H,25,27)/t18-/m1/s1. The van der Waals surface area contributed by atoms with Crippen LogP contribution in [0.25, 0.3) is 0 Å². The summed E-state index contributed by atoms with van der Waals surface area (Å²) in [4.78, 5) is 28.0. The molecule has 158 valence electrons. The number of nitrogens with one attached hydrogen (secondary N) is 1. The molecule has 1 saturated carbocycles. The summed E-state index contributed by atoms with van der Waals surface area (Å²) in [5.41, 5.74) is 0.851. The average molecular weight is 425 g/mol. The predicted octanol–water partition coefficient (Wildman–Crippen LogP) is 4.21. The van der Waals surface area contributed by atoms with Crippen LogP contribution in [0, 0.1) is 5.92 Å². The minimum Gasteiger partial charge on any atom is -0.487 e. The first kappa shape index (κ1) is 19.6. The summed E-state index contributed by atoms with van der Waals surface area (Å²) in [6.45, 7) is 2.20. The Bertz CT molecular complexity index is 914. The molecule has 0 bridgehead atoms. The molecule has 3 heterocycles. The number of amides is 2. The van der Waals surface area contributed by atoms with Crippen molar-refractivity contribution in [3.05, 3.63) is 52.2 Å². The third-order valence-electron chi connectivity index (χ3n) is 6.71. The topological polar surface area (TPSA) is 58.6 Å². The van der Waals surface area contributed by atoms with Gasteiger partial charge in [0.15, 0.2) is 0 Å². The van der Waals surface area contributed by atoms with Gasteiger partial charge in [-0.3, -0.25) is 9.59 Å². The Balaban J connectivity index is 1.28. The monoisotopic (exact) mass is 424 g/mol. The summed E-state index contributed by atoms with van der Waals surface area (Å²) >= 11 is 1.49. The number of para-hydroxylation sites is 1. The molecule has 3 aliphatic rings. The summed E-state index contributed by atoms with van der Waals surface area (Å²) < 4.78 is 6.53. The van der Waals surface area contributed by atoms with Crippen LogP contribution in [0.2, 0.25) is 0 Å². The summed E-state index contributed by atoms with van der Waals surface area (Å²) in [6, 6.07) is 11.9. The van der Waals surface area contributed by atoms with Crippen LogP contribution in [0.3, 0.4) is 0 Å². The molecule has 1 spiro atoms. The number of fused-ring (bicyclic) bond motifs is 1. The van der Waals surface area contributed by atoms with Gasteiger partial charge in [-0.05, 0) is 48.3 Å². The van der Waals surface area contributed by atoms with Gasteiger partial charge in [-0.25, -0.2) is 0 Å². The second-order valence-corrected chi connectivity index (χ2v) is 9.89. The van der Waals surface area contributed by atoms with E-state index >= 15 is 0 Å². The van der Waals surface area contributed by atoms with Crippen molar-refractivity contribution in [1.82, 2.24) is 10.2 Å². The molecule has 2 amide bonds. The summed E-state index contributed by atoms with van der Waals surface area (Å²) in [5.74, 6) is 2.01. The quantitative estimate of drug-likeness (QED) is 0.782. The van der Waals surface area contributed by atoms with Crippen LogP contribution < -0.4 is 10.1 Å². The van der Waals surface area contributed by atoms with Gasteiger partial charge in [0.05, 0.1) is 4.88 Å². The van der Waals surface area contributed by atoms with E-state index in [1.165, 1.54) is 24.2 Å². The highest BCUT2D eigenvalue weighted by Gasteiger charge is 2.44. The zero-order chi connectivity index (χ0) is 20.6. The maximum Gasteiger partial charge on any atom is 0.263 e. The molecule has 5 rings (SSSR count). The van der Waals surface area contributed by atoms with Gasteiger partial charge in [0.25, 0.3) is 5.91 Å². The fraction of sp³-hybridized carbons (Fsp3) is 0.500. The zero-order valence-corrected chi connectivity index (χ0v) is 18.0. The Labute approximate surface area is 181 Å². The number of benzene rings is 1. The van der Waals surface area contributed by atoms with E-state index in [0.29, 0.717) is 25.4 Å². The van der Waals surface area contributed by atoms with Crippen molar-refractivity contribution < 1.29 is 14.3 Å². The van der Waals surface area contributed by atoms with Crippen LogP contribution in [-0.4, -0.2) is 41.9 Å². The third-order valence-corrected chi connectivity index (χ3v) is 7.57. The summed E-state index contributed by atoms with van der Waals surface area (Å²) in [5, 5.41) is 5.06. The van der Waals surface area contributed by atoms with E-state index in [1.807, 2.05) is 40.6 Å². The molecule has 1 N–H and O–H groups in total. The van der Waals surface area contributed by atoms with Gasteiger partial charge < -0.3 is 15.0 Å². The Hall–Kier alpha value is -2.34. The number of nitrogens with zero attached hydrogens (tertiary/aromatic N) is 1. The second-order valence-electron chi connectivity index (χ2n) is 8.95. The molecule has 5 nitrogen and oxygen atoms in total. The lowest BCUT2D eigenvalue weighted by Crippen LogP contribution is -2.52. The molecular weight excluding hydrogens is 396 g/mol. The molecule has 2 fully saturated rings. The lowest BCUT2D eigenvalue weighted by Gasteiger charge is -2.46. The Morgan fingerprint density at radius 1 is 1.13 bits per heavy atom. The SMILES string of the molecule is O=C(C[C@@H]1CC2(CCN(C(=O)c3cccs3)CC2)Oc2ccccc21)NCC1CC1. The molecule has 30 heavy (non-hydrogen) atoms. The van der Waals surface area contributed by atoms with E-state index in [9.17, 15) is 9.59 Å². The normalized spacial score (nSPS) is 22.3. The molecule has 0 radical (unpaired) electrons. The van der Waals surface area contributed by atoms with Crippen molar-refractivity contribution in [2.45, 2.75) is 50.0 Å². The molecule has 1 saturated heterocycles. The second kappa shape index (κ2) is 8.06. The number of carbonyl (C=O) groups excluding carboxylic acids is 2. The van der Waals surface area contributed by atoms with E-state index in [1.54, 1.807) is 0 Å². The summed E-state index contributed by atoms with van der Waals surface area (Å²) in [7, 11) is 0. The van der Waals surface area contributed by atoms with Crippen LogP contribution in [-0.2, 0) is 4.79 Å². The number of hydrogen-bond acceptors (Lipinski definition) is 4. The van der Waals surface area contributed by atoms with Gasteiger partial charge in [-0.15, -0.1) is 11.3 Å². The molecule has 0 unspecified atom stereocenters. The van der Waals surface area contributed by atoms with Crippen molar-refractivity contribution >= 4 is 23.2 Å². The van der Waals surface area contributed by atoms with Crippen molar-refractivity contribution in [3.63, 3.8) is 0 Å². The van der Waals surface area contributed by atoms with Gasteiger partial charge in [0.1, 0.15) is 11.4 Å². The first-order valence-corrected chi connectivity index (χ1v) is 11.9. The molecule has 2 aliphatic heterocycles.